The first-order valence-corrected chi connectivity index (χ1v) is 10.1. The molecule has 1 amide bonds. The van der Waals surface area contributed by atoms with Gasteiger partial charge in [-0.05, 0) is 25.0 Å². The molecule has 1 aliphatic heterocycles. The van der Waals surface area contributed by atoms with Gasteiger partial charge in [-0.2, -0.15) is 0 Å². The van der Waals surface area contributed by atoms with E-state index in [2.05, 4.69) is 10.2 Å². The SMILES string of the molecule is O=C(N[C@H]1CCCC[C@@H]1O)n1c(=O)n(CCN2CCOCC2)c2ccccc21. The third kappa shape index (κ3) is 3.85. The lowest BCUT2D eigenvalue weighted by atomic mass is 9.93. The Hall–Kier alpha value is -2.16. The molecular weight excluding hydrogens is 360 g/mol. The average molecular weight is 388 g/mol. The second-order valence-corrected chi connectivity index (χ2v) is 7.62. The predicted molar refractivity (Wildman–Crippen MR) is 106 cm³/mol. The molecule has 0 spiro atoms. The Balaban J connectivity index is 1.58. The van der Waals surface area contributed by atoms with Crippen LogP contribution in [0.2, 0.25) is 0 Å². The fourth-order valence-electron chi connectivity index (χ4n) is 4.19. The molecule has 0 radical (unpaired) electrons. The van der Waals surface area contributed by atoms with Gasteiger partial charge in [-0.1, -0.05) is 25.0 Å². The number of nitrogens with zero attached hydrogens (tertiary/aromatic N) is 3. The van der Waals surface area contributed by atoms with E-state index in [1.165, 1.54) is 4.57 Å². The predicted octanol–water partition coefficient (Wildman–Crippen LogP) is 0.996. The molecule has 2 heterocycles. The molecule has 8 heteroatoms. The summed E-state index contributed by atoms with van der Waals surface area (Å²) >= 11 is 0. The summed E-state index contributed by atoms with van der Waals surface area (Å²) in [5, 5.41) is 13.0. The summed E-state index contributed by atoms with van der Waals surface area (Å²) < 4.78 is 8.25. The summed E-state index contributed by atoms with van der Waals surface area (Å²) in [7, 11) is 0. The summed E-state index contributed by atoms with van der Waals surface area (Å²) in [6.45, 7) is 4.39. The van der Waals surface area contributed by atoms with Gasteiger partial charge in [0.15, 0.2) is 0 Å². The highest BCUT2D eigenvalue weighted by Gasteiger charge is 2.27. The van der Waals surface area contributed by atoms with Crippen LogP contribution in [0.25, 0.3) is 11.0 Å². The fourth-order valence-corrected chi connectivity index (χ4v) is 4.19. The molecule has 0 unspecified atom stereocenters. The number of amides is 1. The molecule has 8 nitrogen and oxygen atoms in total. The number of hydrogen-bond donors (Lipinski definition) is 2. The number of aromatic nitrogens is 2. The number of imidazole rings is 1. The van der Waals surface area contributed by atoms with Crippen LogP contribution in [0, 0.1) is 0 Å². The van der Waals surface area contributed by atoms with Crippen LogP contribution in [0.5, 0.6) is 0 Å². The molecule has 1 aromatic carbocycles. The molecule has 2 fully saturated rings. The second-order valence-electron chi connectivity index (χ2n) is 7.62. The highest BCUT2D eigenvalue weighted by atomic mass is 16.5. The summed E-state index contributed by atoms with van der Waals surface area (Å²) in [6.07, 6.45) is 2.80. The Morgan fingerprint density at radius 1 is 1.11 bits per heavy atom. The van der Waals surface area contributed by atoms with E-state index in [0.29, 0.717) is 31.7 Å². The summed E-state index contributed by atoms with van der Waals surface area (Å²) in [6, 6.07) is 6.60. The average Bonchev–Trinajstić information content (AvgIpc) is 3.00. The standard InChI is InChI=1S/C20H28N4O4/c25-18-8-4-1-5-15(18)21-19(26)24-17-7-3-2-6-16(17)23(20(24)27)10-9-22-11-13-28-14-12-22/h2-3,6-7,15,18,25H,1,4-5,8-14H2,(H,21,26)/t15-,18-/m0/s1. The van der Waals surface area contributed by atoms with Crippen molar-refractivity contribution in [1.82, 2.24) is 19.4 Å². The van der Waals surface area contributed by atoms with Crippen molar-refractivity contribution in [2.75, 3.05) is 32.8 Å². The first kappa shape index (κ1) is 19.2. The zero-order valence-corrected chi connectivity index (χ0v) is 16.0. The van der Waals surface area contributed by atoms with Gasteiger partial charge < -0.3 is 15.2 Å². The zero-order valence-electron chi connectivity index (χ0n) is 16.0. The van der Waals surface area contributed by atoms with Crippen molar-refractivity contribution in [3.05, 3.63) is 34.7 Å². The second kappa shape index (κ2) is 8.46. The summed E-state index contributed by atoms with van der Waals surface area (Å²) in [5.74, 6) is 0. The molecule has 2 N–H and O–H groups in total. The van der Waals surface area contributed by atoms with Gasteiger partial charge in [0, 0.05) is 26.2 Å². The Morgan fingerprint density at radius 2 is 1.82 bits per heavy atom. The topological polar surface area (TPSA) is 88.7 Å². The lowest BCUT2D eigenvalue weighted by Crippen LogP contribution is -2.48. The van der Waals surface area contributed by atoms with Gasteiger partial charge in [-0.15, -0.1) is 0 Å². The molecule has 2 atom stereocenters. The Kier molecular flexibility index (Phi) is 5.79. The van der Waals surface area contributed by atoms with E-state index in [1.807, 2.05) is 18.2 Å². The summed E-state index contributed by atoms with van der Waals surface area (Å²) in [5.41, 5.74) is 1.01. The minimum Gasteiger partial charge on any atom is -0.391 e. The minimum absolute atomic E-state index is 0.302. The minimum atomic E-state index is -0.553. The maximum atomic E-state index is 13.1. The van der Waals surface area contributed by atoms with Gasteiger partial charge in [0.2, 0.25) is 0 Å². The van der Waals surface area contributed by atoms with Crippen LogP contribution >= 0.6 is 0 Å². The molecule has 1 saturated carbocycles. The zero-order chi connectivity index (χ0) is 19.5. The van der Waals surface area contributed by atoms with Crippen molar-refractivity contribution in [2.45, 2.75) is 44.4 Å². The van der Waals surface area contributed by atoms with E-state index in [9.17, 15) is 14.7 Å². The summed E-state index contributed by atoms with van der Waals surface area (Å²) in [4.78, 5) is 28.3. The number of morpholine rings is 1. The number of ether oxygens (including phenoxy) is 1. The van der Waals surface area contributed by atoms with Crippen LogP contribution < -0.4 is 11.0 Å². The van der Waals surface area contributed by atoms with Crippen molar-refractivity contribution < 1.29 is 14.6 Å². The van der Waals surface area contributed by atoms with Gasteiger partial charge in [0.1, 0.15) is 0 Å². The number of aliphatic hydroxyl groups excluding tert-OH is 1. The van der Waals surface area contributed by atoms with Gasteiger partial charge in [0.25, 0.3) is 0 Å². The van der Waals surface area contributed by atoms with E-state index < -0.39 is 12.1 Å². The molecule has 1 aromatic heterocycles. The van der Waals surface area contributed by atoms with Gasteiger partial charge in [0.05, 0.1) is 36.4 Å². The first-order valence-electron chi connectivity index (χ1n) is 10.1. The lowest BCUT2D eigenvalue weighted by Gasteiger charge is -2.28. The largest absolute Gasteiger partial charge is 0.391 e. The van der Waals surface area contributed by atoms with Crippen molar-refractivity contribution in [2.24, 2.45) is 0 Å². The lowest BCUT2D eigenvalue weighted by molar-refractivity contribution is 0.0364. The number of benzene rings is 1. The van der Waals surface area contributed by atoms with Crippen LogP contribution in [0.15, 0.2) is 29.1 Å². The van der Waals surface area contributed by atoms with Crippen LogP contribution in [0.3, 0.4) is 0 Å². The molecule has 28 heavy (non-hydrogen) atoms. The highest BCUT2D eigenvalue weighted by molar-refractivity contribution is 5.89. The van der Waals surface area contributed by atoms with E-state index in [0.717, 1.165) is 44.4 Å². The van der Waals surface area contributed by atoms with Gasteiger partial charge in [-0.25, -0.2) is 14.2 Å². The molecule has 152 valence electrons. The normalized spacial score (nSPS) is 23.8. The number of carbonyl (C=O) groups is 1. The van der Waals surface area contributed by atoms with Crippen molar-refractivity contribution in [3.8, 4) is 0 Å². The number of carbonyl (C=O) groups excluding carboxylic acids is 1. The third-order valence-electron chi connectivity index (χ3n) is 5.82. The Bertz CT molecular complexity index is 884. The molecule has 2 aromatic rings. The first-order chi connectivity index (χ1) is 13.6. The van der Waals surface area contributed by atoms with Crippen LogP contribution in [0.1, 0.15) is 25.7 Å². The number of fused-ring (bicyclic) bond motifs is 1. The van der Waals surface area contributed by atoms with Crippen molar-refractivity contribution in [3.63, 3.8) is 0 Å². The molecule has 4 rings (SSSR count). The number of para-hydroxylation sites is 2. The Morgan fingerprint density at radius 3 is 2.57 bits per heavy atom. The van der Waals surface area contributed by atoms with E-state index in [-0.39, 0.29) is 11.7 Å². The maximum Gasteiger partial charge on any atom is 0.337 e. The maximum absolute atomic E-state index is 13.1. The number of hydrogen-bond acceptors (Lipinski definition) is 5. The Labute approximate surface area is 163 Å². The molecule has 0 bridgehead atoms. The number of nitrogens with one attached hydrogen (secondary N) is 1. The molecular formula is C20H28N4O4. The van der Waals surface area contributed by atoms with Crippen LogP contribution in [0.4, 0.5) is 4.79 Å². The van der Waals surface area contributed by atoms with Gasteiger partial charge >= 0.3 is 11.7 Å². The quantitative estimate of drug-likeness (QED) is 0.816. The van der Waals surface area contributed by atoms with E-state index >= 15 is 0 Å². The van der Waals surface area contributed by atoms with Crippen molar-refractivity contribution in [1.29, 1.82) is 0 Å². The molecule has 1 aliphatic carbocycles. The van der Waals surface area contributed by atoms with Crippen LogP contribution in [-0.2, 0) is 11.3 Å². The van der Waals surface area contributed by atoms with Crippen LogP contribution in [-0.4, -0.2) is 70.2 Å². The third-order valence-corrected chi connectivity index (χ3v) is 5.82. The fraction of sp³-hybridized carbons (Fsp3) is 0.600. The number of aliphatic hydroxyl groups is 1. The van der Waals surface area contributed by atoms with Crippen molar-refractivity contribution >= 4 is 17.1 Å². The van der Waals surface area contributed by atoms with E-state index in [1.54, 1.807) is 10.6 Å². The van der Waals surface area contributed by atoms with E-state index in [4.69, 9.17) is 4.74 Å². The smallest absolute Gasteiger partial charge is 0.337 e. The van der Waals surface area contributed by atoms with Gasteiger partial charge in [-0.3, -0.25) is 9.47 Å². The number of rotatable bonds is 4. The molecule has 1 saturated heterocycles. The monoisotopic (exact) mass is 388 g/mol. The molecule has 2 aliphatic rings. The highest BCUT2D eigenvalue weighted by Crippen LogP contribution is 2.19.